The molecule has 0 heterocycles. The average molecular weight is 440 g/mol. The first-order chi connectivity index (χ1) is 16.4. The lowest BCUT2D eigenvalue weighted by atomic mass is 10.1. The predicted octanol–water partition coefficient (Wildman–Crippen LogP) is 6.38. The standard InChI is InChI=1S/C29H29NO3/c1-3-11-24(12-4-1)19-20-32-28-17-9-7-13-25(28)23-30-27-16-8-10-18-29(27)33-22-21-31-26-14-5-2-6-15-26/h1-18,30H,19-23H2. The van der Waals surface area contributed by atoms with Crippen LogP contribution >= 0.6 is 0 Å². The lowest BCUT2D eigenvalue weighted by molar-refractivity contribution is 0.218. The van der Waals surface area contributed by atoms with E-state index in [4.69, 9.17) is 14.2 Å². The minimum Gasteiger partial charge on any atom is -0.493 e. The monoisotopic (exact) mass is 439 g/mol. The van der Waals surface area contributed by atoms with Crippen LogP contribution in [-0.2, 0) is 13.0 Å². The Hall–Kier alpha value is -3.92. The summed E-state index contributed by atoms with van der Waals surface area (Å²) >= 11 is 0. The first-order valence-corrected chi connectivity index (χ1v) is 11.3. The van der Waals surface area contributed by atoms with Crippen molar-refractivity contribution < 1.29 is 14.2 Å². The molecular weight excluding hydrogens is 410 g/mol. The maximum absolute atomic E-state index is 6.09. The summed E-state index contributed by atoms with van der Waals surface area (Å²) in [6, 6.07) is 36.2. The Bertz CT molecular complexity index is 1100. The van der Waals surface area contributed by atoms with Crippen LogP contribution < -0.4 is 19.5 Å². The molecule has 0 radical (unpaired) electrons. The van der Waals surface area contributed by atoms with Crippen LogP contribution in [0.25, 0.3) is 0 Å². The van der Waals surface area contributed by atoms with Crippen LogP contribution in [0.4, 0.5) is 5.69 Å². The minimum atomic E-state index is 0.465. The van der Waals surface area contributed by atoms with Crippen LogP contribution in [0.15, 0.2) is 109 Å². The summed E-state index contributed by atoms with van der Waals surface area (Å²) < 4.78 is 17.8. The van der Waals surface area contributed by atoms with E-state index in [-0.39, 0.29) is 0 Å². The van der Waals surface area contributed by atoms with Crippen molar-refractivity contribution in [3.05, 3.63) is 120 Å². The van der Waals surface area contributed by atoms with Gasteiger partial charge in [0.25, 0.3) is 0 Å². The highest BCUT2D eigenvalue weighted by Crippen LogP contribution is 2.26. The van der Waals surface area contributed by atoms with E-state index in [2.05, 4.69) is 35.6 Å². The third-order valence-electron chi connectivity index (χ3n) is 5.17. The Kier molecular flexibility index (Phi) is 8.24. The maximum atomic E-state index is 6.09. The van der Waals surface area contributed by atoms with E-state index in [1.807, 2.05) is 78.9 Å². The highest BCUT2D eigenvalue weighted by molar-refractivity contribution is 5.56. The van der Waals surface area contributed by atoms with E-state index in [0.29, 0.717) is 26.4 Å². The largest absolute Gasteiger partial charge is 0.493 e. The number of para-hydroxylation sites is 4. The van der Waals surface area contributed by atoms with Gasteiger partial charge in [0.15, 0.2) is 0 Å². The van der Waals surface area contributed by atoms with Gasteiger partial charge in [0.05, 0.1) is 12.3 Å². The molecule has 33 heavy (non-hydrogen) atoms. The Labute approximate surface area is 195 Å². The topological polar surface area (TPSA) is 39.7 Å². The van der Waals surface area contributed by atoms with Gasteiger partial charge >= 0.3 is 0 Å². The van der Waals surface area contributed by atoms with Crippen molar-refractivity contribution in [2.45, 2.75) is 13.0 Å². The Morgan fingerprint density at radius 3 is 1.94 bits per heavy atom. The number of hydrogen-bond donors (Lipinski definition) is 1. The smallest absolute Gasteiger partial charge is 0.142 e. The number of nitrogens with one attached hydrogen (secondary N) is 1. The molecule has 168 valence electrons. The summed E-state index contributed by atoms with van der Waals surface area (Å²) in [5.74, 6) is 2.55. The second-order valence-electron chi connectivity index (χ2n) is 7.55. The summed E-state index contributed by atoms with van der Waals surface area (Å²) in [6.07, 6.45) is 0.879. The maximum Gasteiger partial charge on any atom is 0.142 e. The molecule has 0 aliphatic rings. The van der Waals surface area contributed by atoms with Gasteiger partial charge in [-0.25, -0.2) is 0 Å². The zero-order chi connectivity index (χ0) is 22.6. The van der Waals surface area contributed by atoms with Gasteiger partial charge in [-0.05, 0) is 35.9 Å². The number of benzene rings is 4. The van der Waals surface area contributed by atoms with E-state index >= 15 is 0 Å². The van der Waals surface area contributed by atoms with Crippen molar-refractivity contribution in [3.63, 3.8) is 0 Å². The second-order valence-corrected chi connectivity index (χ2v) is 7.55. The highest BCUT2D eigenvalue weighted by Gasteiger charge is 2.07. The zero-order valence-electron chi connectivity index (χ0n) is 18.7. The van der Waals surface area contributed by atoms with Crippen molar-refractivity contribution in [3.8, 4) is 17.2 Å². The van der Waals surface area contributed by atoms with Gasteiger partial charge in [-0.1, -0.05) is 78.9 Å². The first kappa shape index (κ1) is 22.3. The molecule has 0 spiro atoms. The summed E-state index contributed by atoms with van der Waals surface area (Å²) in [5.41, 5.74) is 3.32. The molecule has 0 saturated carbocycles. The van der Waals surface area contributed by atoms with E-state index in [1.165, 1.54) is 5.56 Å². The average Bonchev–Trinajstić information content (AvgIpc) is 2.88. The van der Waals surface area contributed by atoms with Crippen molar-refractivity contribution in [2.24, 2.45) is 0 Å². The van der Waals surface area contributed by atoms with Crippen LogP contribution in [0.1, 0.15) is 11.1 Å². The summed E-state index contributed by atoms with van der Waals surface area (Å²) in [4.78, 5) is 0. The molecule has 4 heteroatoms. The fourth-order valence-corrected chi connectivity index (χ4v) is 3.47. The van der Waals surface area contributed by atoms with Crippen molar-refractivity contribution >= 4 is 5.69 Å². The van der Waals surface area contributed by atoms with Gasteiger partial charge in [0.1, 0.15) is 30.5 Å². The molecule has 0 bridgehead atoms. The third kappa shape index (κ3) is 7.04. The summed E-state index contributed by atoms with van der Waals surface area (Å²) in [6.45, 7) is 2.23. The fraction of sp³-hybridized carbons (Fsp3) is 0.172. The molecule has 0 aliphatic carbocycles. The molecule has 0 saturated heterocycles. The van der Waals surface area contributed by atoms with Crippen molar-refractivity contribution in [2.75, 3.05) is 25.1 Å². The van der Waals surface area contributed by atoms with E-state index in [9.17, 15) is 0 Å². The van der Waals surface area contributed by atoms with Gasteiger partial charge in [-0.15, -0.1) is 0 Å². The lowest BCUT2D eigenvalue weighted by Gasteiger charge is -2.16. The van der Waals surface area contributed by atoms with Gasteiger partial charge in [-0.2, -0.15) is 0 Å². The fourth-order valence-electron chi connectivity index (χ4n) is 3.47. The van der Waals surface area contributed by atoms with E-state index in [1.54, 1.807) is 0 Å². The van der Waals surface area contributed by atoms with Gasteiger partial charge in [0.2, 0.25) is 0 Å². The Balaban J connectivity index is 1.29. The first-order valence-electron chi connectivity index (χ1n) is 11.3. The van der Waals surface area contributed by atoms with Crippen molar-refractivity contribution in [1.82, 2.24) is 0 Å². The Morgan fingerprint density at radius 1 is 0.515 bits per heavy atom. The minimum absolute atomic E-state index is 0.465. The van der Waals surface area contributed by atoms with E-state index in [0.717, 1.165) is 34.9 Å². The molecule has 4 aromatic rings. The molecular formula is C29H29NO3. The molecule has 4 rings (SSSR count). The molecule has 0 amide bonds. The lowest BCUT2D eigenvalue weighted by Crippen LogP contribution is -2.11. The second kappa shape index (κ2) is 12.2. The van der Waals surface area contributed by atoms with Crippen LogP contribution in [0.5, 0.6) is 17.2 Å². The molecule has 1 N–H and O–H groups in total. The normalized spacial score (nSPS) is 10.4. The predicted molar refractivity (Wildman–Crippen MR) is 133 cm³/mol. The third-order valence-corrected chi connectivity index (χ3v) is 5.17. The number of hydrogen-bond acceptors (Lipinski definition) is 4. The quantitative estimate of drug-likeness (QED) is 0.260. The van der Waals surface area contributed by atoms with Crippen LogP contribution in [0.2, 0.25) is 0 Å². The van der Waals surface area contributed by atoms with Gasteiger partial charge < -0.3 is 19.5 Å². The van der Waals surface area contributed by atoms with Crippen LogP contribution in [0.3, 0.4) is 0 Å². The number of rotatable bonds is 12. The summed E-state index contributed by atoms with van der Waals surface area (Å²) in [7, 11) is 0. The molecule has 0 atom stereocenters. The molecule has 0 aliphatic heterocycles. The molecule has 0 fully saturated rings. The molecule has 4 aromatic carbocycles. The summed E-state index contributed by atoms with van der Waals surface area (Å²) in [5, 5.41) is 3.49. The zero-order valence-corrected chi connectivity index (χ0v) is 18.7. The van der Waals surface area contributed by atoms with Crippen LogP contribution in [0, 0.1) is 0 Å². The van der Waals surface area contributed by atoms with Crippen molar-refractivity contribution in [1.29, 1.82) is 0 Å². The van der Waals surface area contributed by atoms with Crippen LogP contribution in [-0.4, -0.2) is 19.8 Å². The number of anilines is 1. The SMILES string of the molecule is c1ccc(CCOc2ccccc2CNc2ccccc2OCCOc2ccccc2)cc1. The van der Waals surface area contributed by atoms with E-state index < -0.39 is 0 Å². The molecule has 4 nitrogen and oxygen atoms in total. The van der Waals surface area contributed by atoms with Gasteiger partial charge in [0, 0.05) is 18.5 Å². The molecule has 0 unspecified atom stereocenters. The number of ether oxygens (including phenoxy) is 3. The molecule has 0 aromatic heterocycles. The van der Waals surface area contributed by atoms with Gasteiger partial charge in [-0.3, -0.25) is 0 Å². The Morgan fingerprint density at radius 2 is 1.12 bits per heavy atom. The highest BCUT2D eigenvalue weighted by atomic mass is 16.5.